The second-order valence-corrected chi connectivity index (χ2v) is 6.54. The van der Waals surface area contributed by atoms with E-state index in [0.717, 1.165) is 5.56 Å². The number of aryl methyl sites for hydroxylation is 1. The van der Waals surface area contributed by atoms with Crippen LogP contribution in [0, 0.1) is 6.92 Å². The van der Waals surface area contributed by atoms with E-state index in [1.807, 2.05) is 26.0 Å². The van der Waals surface area contributed by atoms with E-state index in [-0.39, 0.29) is 5.91 Å². The van der Waals surface area contributed by atoms with Gasteiger partial charge in [0.25, 0.3) is 5.91 Å². The summed E-state index contributed by atoms with van der Waals surface area (Å²) in [5.74, 6) is 0.271. The molecule has 5 nitrogen and oxygen atoms in total. The maximum absolute atomic E-state index is 12.6. The molecule has 0 radical (unpaired) electrons. The highest BCUT2D eigenvalue weighted by Crippen LogP contribution is 2.23. The van der Waals surface area contributed by atoms with Gasteiger partial charge in [-0.25, -0.2) is 4.79 Å². The molecule has 1 amide bonds. The summed E-state index contributed by atoms with van der Waals surface area (Å²) in [4.78, 5) is 26.7. The lowest BCUT2D eigenvalue weighted by Crippen LogP contribution is -2.26. The fraction of sp³-hybridized carbons (Fsp3) is 0.167. The number of carbonyl (C=O) groups excluding carboxylic acids is 2. The van der Waals surface area contributed by atoms with Gasteiger partial charge < -0.3 is 14.4 Å². The first-order valence-corrected chi connectivity index (χ1v) is 9.38. The van der Waals surface area contributed by atoms with E-state index in [1.54, 1.807) is 72.6 Å². The lowest BCUT2D eigenvalue weighted by atomic mass is 10.1. The Morgan fingerprint density at radius 2 is 1.55 bits per heavy atom. The number of carbonyl (C=O) groups is 2. The van der Waals surface area contributed by atoms with Gasteiger partial charge in [0.2, 0.25) is 0 Å². The minimum Gasteiger partial charge on any atom is -0.493 e. The van der Waals surface area contributed by atoms with Crippen LogP contribution in [-0.4, -0.2) is 25.5 Å². The Hall–Kier alpha value is -3.60. The van der Waals surface area contributed by atoms with Crippen molar-refractivity contribution >= 4 is 17.6 Å². The van der Waals surface area contributed by atoms with Crippen LogP contribution >= 0.6 is 0 Å². The molecule has 0 aromatic heterocycles. The van der Waals surface area contributed by atoms with Crippen LogP contribution in [0.25, 0.3) is 0 Å². The van der Waals surface area contributed by atoms with Crippen LogP contribution in [0.15, 0.2) is 72.8 Å². The predicted molar refractivity (Wildman–Crippen MR) is 113 cm³/mol. The average Bonchev–Trinajstić information content (AvgIpc) is 2.74. The summed E-state index contributed by atoms with van der Waals surface area (Å²) in [5, 5.41) is 0. The van der Waals surface area contributed by atoms with Gasteiger partial charge in [-0.2, -0.15) is 0 Å². The highest BCUT2D eigenvalue weighted by molar-refractivity contribution is 6.05. The Balaban J connectivity index is 1.71. The Labute approximate surface area is 170 Å². The number of benzene rings is 3. The monoisotopic (exact) mass is 389 g/mol. The van der Waals surface area contributed by atoms with Crippen LogP contribution in [0.2, 0.25) is 0 Å². The minimum atomic E-state index is -0.495. The van der Waals surface area contributed by atoms with Crippen molar-refractivity contribution in [3.63, 3.8) is 0 Å². The summed E-state index contributed by atoms with van der Waals surface area (Å²) in [7, 11) is 1.71. The van der Waals surface area contributed by atoms with E-state index < -0.39 is 5.97 Å². The highest BCUT2D eigenvalue weighted by Gasteiger charge is 2.16. The van der Waals surface area contributed by atoms with Crippen molar-refractivity contribution < 1.29 is 19.1 Å². The quantitative estimate of drug-likeness (QED) is 0.445. The third-order valence-electron chi connectivity index (χ3n) is 4.44. The lowest BCUT2D eigenvalue weighted by Gasteiger charge is -2.18. The van der Waals surface area contributed by atoms with Crippen LogP contribution in [0.1, 0.15) is 33.2 Å². The Bertz CT molecular complexity index is 994. The number of esters is 1. The molecule has 29 heavy (non-hydrogen) atoms. The van der Waals surface area contributed by atoms with Crippen LogP contribution in [-0.2, 0) is 0 Å². The second-order valence-electron chi connectivity index (χ2n) is 6.54. The van der Waals surface area contributed by atoms with E-state index in [0.29, 0.717) is 34.9 Å². The second kappa shape index (κ2) is 9.06. The standard InChI is InChI=1S/C24H23NO4/c1-4-28-22-8-6-5-7-21(22)24(27)29-20-15-13-19(14-16-20)25(3)23(26)18-11-9-17(2)10-12-18/h5-16H,4H2,1-3H3. The first kappa shape index (κ1) is 20.1. The molecule has 0 bridgehead atoms. The third-order valence-corrected chi connectivity index (χ3v) is 4.44. The number of anilines is 1. The van der Waals surface area contributed by atoms with Gasteiger partial charge in [0.05, 0.1) is 6.61 Å². The molecule has 148 valence electrons. The Morgan fingerprint density at radius 3 is 2.21 bits per heavy atom. The topological polar surface area (TPSA) is 55.8 Å². The number of ether oxygens (including phenoxy) is 2. The Morgan fingerprint density at radius 1 is 0.897 bits per heavy atom. The zero-order chi connectivity index (χ0) is 20.8. The highest BCUT2D eigenvalue weighted by atomic mass is 16.5. The van der Waals surface area contributed by atoms with E-state index >= 15 is 0 Å². The predicted octanol–water partition coefficient (Wildman–Crippen LogP) is 4.89. The molecule has 0 unspecified atom stereocenters. The first-order valence-electron chi connectivity index (χ1n) is 9.38. The van der Waals surface area contributed by atoms with Crippen molar-refractivity contribution in [2.24, 2.45) is 0 Å². The van der Waals surface area contributed by atoms with Crippen LogP contribution < -0.4 is 14.4 Å². The van der Waals surface area contributed by atoms with E-state index in [2.05, 4.69) is 0 Å². The van der Waals surface area contributed by atoms with Crippen LogP contribution in [0.4, 0.5) is 5.69 Å². The molecule has 5 heteroatoms. The maximum Gasteiger partial charge on any atom is 0.347 e. The molecule has 0 heterocycles. The van der Waals surface area contributed by atoms with Crippen molar-refractivity contribution in [3.8, 4) is 11.5 Å². The number of amides is 1. The van der Waals surface area contributed by atoms with Gasteiger partial charge in [-0.1, -0.05) is 29.8 Å². The zero-order valence-electron chi connectivity index (χ0n) is 16.7. The summed E-state index contributed by atoms with van der Waals surface area (Å²) in [5.41, 5.74) is 2.78. The smallest absolute Gasteiger partial charge is 0.347 e. The molecular formula is C24H23NO4. The number of nitrogens with zero attached hydrogens (tertiary/aromatic N) is 1. The molecule has 0 aliphatic heterocycles. The molecular weight excluding hydrogens is 366 g/mol. The van der Waals surface area contributed by atoms with Gasteiger partial charge in [-0.3, -0.25) is 4.79 Å². The van der Waals surface area contributed by atoms with Gasteiger partial charge in [0.15, 0.2) is 0 Å². The molecule has 0 spiro atoms. The van der Waals surface area contributed by atoms with Crippen molar-refractivity contribution in [1.82, 2.24) is 0 Å². The molecule has 3 rings (SSSR count). The van der Waals surface area contributed by atoms with Gasteiger partial charge in [-0.15, -0.1) is 0 Å². The molecule has 0 saturated carbocycles. The molecule has 0 saturated heterocycles. The van der Waals surface area contributed by atoms with Crippen molar-refractivity contribution in [2.45, 2.75) is 13.8 Å². The summed E-state index contributed by atoms with van der Waals surface area (Å²) < 4.78 is 10.9. The molecule has 3 aromatic rings. The summed E-state index contributed by atoms with van der Waals surface area (Å²) in [6.07, 6.45) is 0. The molecule has 0 atom stereocenters. The van der Waals surface area contributed by atoms with E-state index in [9.17, 15) is 9.59 Å². The van der Waals surface area contributed by atoms with Crippen LogP contribution in [0.5, 0.6) is 11.5 Å². The van der Waals surface area contributed by atoms with Crippen molar-refractivity contribution in [1.29, 1.82) is 0 Å². The normalized spacial score (nSPS) is 10.3. The molecule has 0 aliphatic rings. The third kappa shape index (κ3) is 4.82. The van der Waals surface area contributed by atoms with Crippen molar-refractivity contribution in [2.75, 3.05) is 18.6 Å². The number of hydrogen-bond acceptors (Lipinski definition) is 4. The molecule has 0 aliphatic carbocycles. The van der Waals surface area contributed by atoms with E-state index in [1.165, 1.54) is 0 Å². The summed E-state index contributed by atoms with van der Waals surface area (Å²) in [6.45, 7) is 4.29. The fourth-order valence-corrected chi connectivity index (χ4v) is 2.82. The van der Waals surface area contributed by atoms with Gasteiger partial charge in [0.1, 0.15) is 17.1 Å². The van der Waals surface area contributed by atoms with Crippen molar-refractivity contribution in [3.05, 3.63) is 89.5 Å². The zero-order valence-corrected chi connectivity index (χ0v) is 16.7. The fourth-order valence-electron chi connectivity index (χ4n) is 2.82. The van der Waals surface area contributed by atoms with Crippen LogP contribution in [0.3, 0.4) is 0 Å². The maximum atomic E-state index is 12.6. The molecule has 0 N–H and O–H groups in total. The summed E-state index contributed by atoms with van der Waals surface area (Å²) in [6, 6.07) is 21.2. The lowest BCUT2D eigenvalue weighted by molar-refractivity contribution is 0.0730. The number of rotatable bonds is 6. The first-order chi connectivity index (χ1) is 14.0. The number of para-hydroxylation sites is 1. The number of hydrogen-bond donors (Lipinski definition) is 0. The molecule has 0 fully saturated rings. The minimum absolute atomic E-state index is 0.111. The van der Waals surface area contributed by atoms with E-state index in [4.69, 9.17) is 9.47 Å². The average molecular weight is 389 g/mol. The van der Waals surface area contributed by atoms with Gasteiger partial charge >= 0.3 is 5.97 Å². The largest absolute Gasteiger partial charge is 0.493 e. The SMILES string of the molecule is CCOc1ccccc1C(=O)Oc1ccc(N(C)C(=O)c2ccc(C)cc2)cc1. The van der Waals surface area contributed by atoms with Gasteiger partial charge in [-0.05, 0) is 62.4 Å². The molecule has 3 aromatic carbocycles. The summed E-state index contributed by atoms with van der Waals surface area (Å²) >= 11 is 0. The van der Waals surface area contributed by atoms with Gasteiger partial charge in [0, 0.05) is 18.3 Å². The Kier molecular flexibility index (Phi) is 6.29.